The van der Waals surface area contributed by atoms with Crippen LogP contribution in [0.25, 0.3) is 22.3 Å². The molecule has 1 atom stereocenters. The van der Waals surface area contributed by atoms with Crippen LogP contribution in [-0.4, -0.2) is 17.2 Å². The van der Waals surface area contributed by atoms with Gasteiger partial charge in [0.15, 0.2) is 0 Å². The number of rotatable bonds is 8. The number of fused-ring (bicyclic) bond motifs is 1. The van der Waals surface area contributed by atoms with Crippen molar-refractivity contribution >= 4 is 16.9 Å². The standard InChI is InChI=1S/C33H46O4/c1-29(2,3)21-33(11,30(4,5)6)28(34)37-32(9,10)22-31(7,8)36-25-18-17-24-19-26(35-27(24)20-25)23-15-13-12-14-16-23/h12-20H,21-22H2,1-11H3. The molecule has 3 aromatic rings. The summed E-state index contributed by atoms with van der Waals surface area (Å²) in [4.78, 5) is 13.6. The van der Waals surface area contributed by atoms with Crippen LogP contribution >= 0.6 is 0 Å². The van der Waals surface area contributed by atoms with Crippen LogP contribution in [0.1, 0.15) is 89.0 Å². The number of furan rings is 1. The van der Waals surface area contributed by atoms with Crippen molar-refractivity contribution in [1.29, 1.82) is 0 Å². The SMILES string of the molecule is CC(C)(C)CC(C)(C(=O)OC(C)(C)CC(C)(C)Oc1ccc2cc(-c3ccccc3)oc2c1)C(C)(C)C. The van der Waals surface area contributed by atoms with E-state index in [0.29, 0.717) is 6.42 Å². The minimum Gasteiger partial charge on any atom is -0.488 e. The zero-order chi connectivity index (χ0) is 27.9. The van der Waals surface area contributed by atoms with E-state index in [2.05, 4.69) is 41.5 Å². The molecule has 1 unspecified atom stereocenters. The molecule has 0 N–H and O–H groups in total. The van der Waals surface area contributed by atoms with E-state index in [-0.39, 0.29) is 16.8 Å². The molecule has 0 fully saturated rings. The number of benzene rings is 2. The van der Waals surface area contributed by atoms with Gasteiger partial charge in [0.05, 0.1) is 5.41 Å². The summed E-state index contributed by atoms with van der Waals surface area (Å²) < 4.78 is 18.8. The van der Waals surface area contributed by atoms with Crippen LogP contribution in [0, 0.1) is 16.2 Å². The van der Waals surface area contributed by atoms with Gasteiger partial charge in [-0.1, -0.05) is 71.9 Å². The molecule has 2 aromatic carbocycles. The van der Waals surface area contributed by atoms with Crippen molar-refractivity contribution in [3.8, 4) is 17.1 Å². The Kier molecular flexibility index (Phi) is 7.67. The molecular formula is C33H46O4. The quantitative estimate of drug-likeness (QED) is 0.285. The second-order valence-electron chi connectivity index (χ2n) is 14.2. The predicted octanol–water partition coefficient (Wildman–Crippen LogP) is 9.46. The van der Waals surface area contributed by atoms with E-state index in [4.69, 9.17) is 13.9 Å². The molecule has 1 heterocycles. The van der Waals surface area contributed by atoms with Crippen LogP contribution in [0.2, 0.25) is 0 Å². The molecule has 4 nitrogen and oxygen atoms in total. The third-order valence-corrected chi connectivity index (χ3v) is 7.15. The zero-order valence-corrected chi connectivity index (χ0v) is 24.7. The van der Waals surface area contributed by atoms with Crippen molar-refractivity contribution < 1.29 is 18.7 Å². The summed E-state index contributed by atoms with van der Waals surface area (Å²) in [6.45, 7) is 22.9. The summed E-state index contributed by atoms with van der Waals surface area (Å²) in [5.74, 6) is 1.40. The Morgan fingerprint density at radius 1 is 0.757 bits per heavy atom. The smallest absolute Gasteiger partial charge is 0.312 e. The van der Waals surface area contributed by atoms with Gasteiger partial charge in [0.1, 0.15) is 28.3 Å². The number of carbonyl (C=O) groups is 1. The third-order valence-electron chi connectivity index (χ3n) is 7.15. The summed E-state index contributed by atoms with van der Waals surface area (Å²) in [6, 6.07) is 18.0. The Bertz CT molecular complexity index is 1220. The average Bonchev–Trinajstić information content (AvgIpc) is 3.14. The molecule has 0 spiro atoms. The molecule has 0 aliphatic carbocycles. The zero-order valence-electron chi connectivity index (χ0n) is 24.7. The fourth-order valence-electron chi connectivity index (χ4n) is 5.30. The lowest BCUT2D eigenvalue weighted by atomic mass is 9.61. The number of carbonyl (C=O) groups excluding carboxylic acids is 1. The van der Waals surface area contributed by atoms with Gasteiger partial charge in [-0.15, -0.1) is 0 Å². The van der Waals surface area contributed by atoms with Gasteiger partial charge in [0, 0.05) is 23.4 Å². The highest BCUT2D eigenvalue weighted by Crippen LogP contribution is 2.48. The maximum atomic E-state index is 13.6. The summed E-state index contributed by atoms with van der Waals surface area (Å²) in [5.41, 5.74) is -0.322. The Morgan fingerprint density at radius 2 is 1.38 bits per heavy atom. The molecule has 4 heteroatoms. The fourth-order valence-corrected chi connectivity index (χ4v) is 5.30. The van der Waals surface area contributed by atoms with Crippen molar-refractivity contribution in [1.82, 2.24) is 0 Å². The van der Waals surface area contributed by atoms with Gasteiger partial charge in [0.2, 0.25) is 0 Å². The van der Waals surface area contributed by atoms with Crippen LogP contribution in [-0.2, 0) is 9.53 Å². The Labute approximate surface area is 223 Å². The van der Waals surface area contributed by atoms with Crippen LogP contribution in [0.4, 0.5) is 0 Å². The van der Waals surface area contributed by atoms with Gasteiger partial charge in [-0.3, -0.25) is 4.79 Å². The molecule has 0 saturated heterocycles. The lowest BCUT2D eigenvalue weighted by molar-refractivity contribution is -0.181. The monoisotopic (exact) mass is 506 g/mol. The molecular weight excluding hydrogens is 460 g/mol. The van der Waals surface area contributed by atoms with Gasteiger partial charge in [-0.2, -0.15) is 0 Å². The van der Waals surface area contributed by atoms with Crippen LogP contribution in [0.15, 0.2) is 59.0 Å². The largest absolute Gasteiger partial charge is 0.488 e. The van der Waals surface area contributed by atoms with Crippen molar-refractivity contribution in [2.75, 3.05) is 0 Å². The summed E-state index contributed by atoms with van der Waals surface area (Å²) >= 11 is 0. The van der Waals surface area contributed by atoms with E-state index >= 15 is 0 Å². The summed E-state index contributed by atoms with van der Waals surface area (Å²) in [6.07, 6.45) is 1.28. The first-order chi connectivity index (χ1) is 16.8. The Hall–Kier alpha value is -2.75. The van der Waals surface area contributed by atoms with E-state index in [1.807, 2.05) is 89.2 Å². The van der Waals surface area contributed by atoms with Gasteiger partial charge in [-0.05, 0) is 70.1 Å². The molecule has 202 valence electrons. The second kappa shape index (κ2) is 9.85. The van der Waals surface area contributed by atoms with Gasteiger partial charge in [-0.25, -0.2) is 0 Å². The molecule has 0 radical (unpaired) electrons. The molecule has 37 heavy (non-hydrogen) atoms. The average molecular weight is 507 g/mol. The Balaban J connectivity index is 1.75. The predicted molar refractivity (Wildman–Crippen MR) is 153 cm³/mol. The first-order valence-electron chi connectivity index (χ1n) is 13.3. The number of hydrogen-bond donors (Lipinski definition) is 0. The highest BCUT2D eigenvalue weighted by Gasteiger charge is 2.49. The number of hydrogen-bond acceptors (Lipinski definition) is 4. The molecule has 0 aliphatic rings. The normalized spacial score (nSPS) is 14.9. The fraction of sp³-hybridized carbons (Fsp3) is 0.545. The van der Waals surface area contributed by atoms with Crippen molar-refractivity contribution in [3.63, 3.8) is 0 Å². The molecule has 1 aromatic heterocycles. The molecule has 0 aliphatic heterocycles. The third kappa shape index (κ3) is 7.18. The first kappa shape index (κ1) is 28.8. The minimum absolute atomic E-state index is 0.00154. The lowest BCUT2D eigenvalue weighted by Gasteiger charge is -2.45. The number of esters is 1. The van der Waals surface area contributed by atoms with Gasteiger partial charge >= 0.3 is 5.97 Å². The maximum Gasteiger partial charge on any atom is 0.312 e. The highest BCUT2D eigenvalue weighted by atomic mass is 16.6. The van der Waals surface area contributed by atoms with Crippen LogP contribution < -0.4 is 4.74 Å². The summed E-state index contributed by atoms with van der Waals surface area (Å²) in [7, 11) is 0. The highest BCUT2D eigenvalue weighted by molar-refractivity contribution is 5.84. The van der Waals surface area contributed by atoms with Crippen LogP contribution in [0.3, 0.4) is 0 Å². The Morgan fingerprint density at radius 3 is 1.95 bits per heavy atom. The van der Waals surface area contributed by atoms with E-state index in [9.17, 15) is 4.79 Å². The summed E-state index contributed by atoms with van der Waals surface area (Å²) in [5, 5.41) is 1.03. The lowest BCUT2D eigenvalue weighted by Crippen LogP contribution is -2.48. The van der Waals surface area contributed by atoms with Gasteiger partial charge < -0.3 is 13.9 Å². The van der Waals surface area contributed by atoms with Crippen molar-refractivity contribution in [2.24, 2.45) is 16.2 Å². The topological polar surface area (TPSA) is 48.7 Å². The first-order valence-corrected chi connectivity index (χ1v) is 13.3. The molecule has 3 rings (SSSR count). The molecule has 0 amide bonds. The second-order valence-corrected chi connectivity index (χ2v) is 14.2. The van der Waals surface area contributed by atoms with Crippen LogP contribution in [0.5, 0.6) is 5.75 Å². The van der Waals surface area contributed by atoms with E-state index in [0.717, 1.165) is 34.5 Å². The van der Waals surface area contributed by atoms with E-state index < -0.39 is 16.6 Å². The maximum absolute atomic E-state index is 13.6. The molecule has 0 saturated carbocycles. The van der Waals surface area contributed by atoms with E-state index in [1.54, 1.807) is 0 Å². The van der Waals surface area contributed by atoms with Gasteiger partial charge in [0.25, 0.3) is 0 Å². The number of ether oxygens (including phenoxy) is 2. The molecule has 0 bridgehead atoms. The minimum atomic E-state index is -0.708. The van der Waals surface area contributed by atoms with Crippen molar-refractivity contribution in [2.45, 2.75) is 100 Å². The van der Waals surface area contributed by atoms with E-state index in [1.165, 1.54) is 0 Å². The van der Waals surface area contributed by atoms with Crippen molar-refractivity contribution in [3.05, 3.63) is 54.6 Å².